The van der Waals surface area contributed by atoms with Crippen molar-refractivity contribution >= 4 is 57.3 Å². The van der Waals surface area contributed by atoms with Crippen molar-refractivity contribution < 1.29 is 4.79 Å². The number of rotatable bonds is 3. The molecule has 0 atom stereocenters. The van der Waals surface area contributed by atoms with E-state index in [0.29, 0.717) is 13.0 Å². The molecule has 0 spiro atoms. The average molecular weight is 154 g/mol. The Morgan fingerprint density at radius 2 is 2.00 bits per heavy atom. The third-order valence-electron chi connectivity index (χ3n) is 0.798. The fourth-order valence-corrected chi connectivity index (χ4v) is 0.469. The Morgan fingerprint density at radius 3 is 2.33 bits per heavy atom. The number of carbonyl (C=O) groups excluding carboxylic acids is 1. The summed E-state index contributed by atoms with van der Waals surface area (Å²) >= 11 is 0. The molecule has 9 heavy (non-hydrogen) atoms. The van der Waals surface area contributed by atoms with Crippen molar-refractivity contribution in [2.45, 2.75) is 26.7 Å². The van der Waals surface area contributed by atoms with Gasteiger partial charge in [-0.25, -0.2) is 0 Å². The van der Waals surface area contributed by atoms with Crippen LogP contribution in [0.3, 0.4) is 0 Å². The van der Waals surface area contributed by atoms with Crippen molar-refractivity contribution in [1.29, 1.82) is 0 Å². The second-order valence-electron chi connectivity index (χ2n) is 1.62. The molecule has 0 aliphatic rings. The van der Waals surface area contributed by atoms with Crippen molar-refractivity contribution in [2.75, 3.05) is 6.54 Å². The van der Waals surface area contributed by atoms with E-state index in [-0.39, 0.29) is 57.3 Å². The van der Waals surface area contributed by atoms with E-state index in [1.807, 2.05) is 13.8 Å². The zero-order valence-corrected chi connectivity index (χ0v) is 5.48. The Kier molecular flexibility index (Phi) is 12.9. The summed E-state index contributed by atoms with van der Waals surface area (Å²) in [5.74, 6) is 0.0370. The Hall–Kier alpha value is 1.11. The normalized spacial score (nSPS) is 7.78. The van der Waals surface area contributed by atoms with E-state index in [9.17, 15) is 4.79 Å². The van der Waals surface area contributed by atoms with Crippen LogP contribution >= 0.6 is 0 Å². The molecule has 3 heteroatoms. The fraction of sp³-hybridized carbons (Fsp3) is 0.833. The molecule has 0 saturated carbocycles. The molecule has 0 saturated heterocycles. The molecule has 1 amide bonds. The summed E-state index contributed by atoms with van der Waals surface area (Å²) in [6.45, 7) is 4.47. The molecule has 0 unspecified atom stereocenters. The summed E-state index contributed by atoms with van der Waals surface area (Å²) in [7, 11) is 0. The van der Waals surface area contributed by atoms with Crippen LogP contribution in [0.25, 0.3) is 0 Å². The Morgan fingerprint density at radius 1 is 1.44 bits per heavy atom. The predicted molar refractivity (Wildman–Crippen MR) is 39.7 cm³/mol. The van der Waals surface area contributed by atoms with Crippen molar-refractivity contribution in [1.82, 2.24) is 5.32 Å². The van der Waals surface area contributed by atoms with E-state index in [4.69, 9.17) is 0 Å². The summed E-state index contributed by atoms with van der Waals surface area (Å²) in [6, 6.07) is 0. The maximum atomic E-state index is 10.5. The molecule has 0 aliphatic carbocycles. The molecule has 0 aromatic carbocycles. The van der Waals surface area contributed by atoms with Gasteiger partial charge in [-0.15, -0.1) is 0 Å². The van der Waals surface area contributed by atoms with E-state index in [2.05, 4.69) is 5.32 Å². The molecule has 0 fully saturated rings. The molecule has 0 aromatic rings. The van der Waals surface area contributed by atoms with E-state index < -0.39 is 0 Å². The molecular formula is C6H13KNO. The standard InChI is InChI=1S/C6H12NO.K.H/c1-3-5-6(8)7-4-2;;/h3-5H2,1-2H3;;. The monoisotopic (exact) mass is 154 g/mol. The van der Waals surface area contributed by atoms with Gasteiger partial charge in [-0.3, -0.25) is 10.1 Å². The Labute approximate surface area is 99.2 Å². The first-order chi connectivity index (χ1) is 3.81. The zero-order chi connectivity index (χ0) is 6.41. The number of amides is 1. The van der Waals surface area contributed by atoms with Crippen LogP contribution in [-0.4, -0.2) is 63.8 Å². The minimum absolute atomic E-state index is 0. The first-order valence-electron chi connectivity index (χ1n) is 3.01. The summed E-state index contributed by atoms with van der Waals surface area (Å²) in [4.78, 5) is 10.5. The SMILES string of the molecule is CCCC(=O)[N]CC.[KH]. The van der Waals surface area contributed by atoms with Crippen molar-refractivity contribution in [3.8, 4) is 0 Å². The van der Waals surface area contributed by atoms with Gasteiger partial charge in [-0.05, 0) is 13.3 Å². The molecule has 0 rings (SSSR count). The van der Waals surface area contributed by atoms with E-state index in [0.717, 1.165) is 6.42 Å². The van der Waals surface area contributed by atoms with E-state index in [1.165, 1.54) is 0 Å². The second kappa shape index (κ2) is 9.11. The molecular weight excluding hydrogens is 141 g/mol. The van der Waals surface area contributed by atoms with Gasteiger partial charge < -0.3 is 0 Å². The Balaban J connectivity index is 0. The summed E-state index contributed by atoms with van der Waals surface area (Å²) < 4.78 is 0. The first kappa shape index (κ1) is 12.8. The fourth-order valence-electron chi connectivity index (χ4n) is 0.469. The third kappa shape index (κ3) is 9.11. The van der Waals surface area contributed by atoms with Crippen molar-refractivity contribution in [3.05, 3.63) is 0 Å². The van der Waals surface area contributed by atoms with Gasteiger partial charge in [-0.1, -0.05) is 6.92 Å². The van der Waals surface area contributed by atoms with Gasteiger partial charge in [-0.2, -0.15) is 0 Å². The van der Waals surface area contributed by atoms with Gasteiger partial charge in [0.05, 0.1) is 0 Å². The van der Waals surface area contributed by atoms with Crippen LogP contribution in [0.4, 0.5) is 0 Å². The van der Waals surface area contributed by atoms with Gasteiger partial charge in [0.1, 0.15) is 0 Å². The molecule has 0 aliphatic heterocycles. The topological polar surface area (TPSA) is 31.2 Å². The quantitative estimate of drug-likeness (QED) is 0.537. The molecule has 2 nitrogen and oxygen atoms in total. The number of hydrogen-bond acceptors (Lipinski definition) is 1. The van der Waals surface area contributed by atoms with Crippen LogP contribution in [0.5, 0.6) is 0 Å². The van der Waals surface area contributed by atoms with Gasteiger partial charge in [0.2, 0.25) is 5.91 Å². The van der Waals surface area contributed by atoms with Crippen LogP contribution in [0.2, 0.25) is 0 Å². The van der Waals surface area contributed by atoms with E-state index in [1.54, 1.807) is 0 Å². The van der Waals surface area contributed by atoms with Gasteiger partial charge in [0.25, 0.3) is 0 Å². The van der Waals surface area contributed by atoms with Crippen molar-refractivity contribution in [3.63, 3.8) is 0 Å². The van der Waals surface area contributed by atoms with Crippen LogP contribution < -0.4 is 5.32 Å². The first-order valence-corrected chi connectivity index (χ1v) is 3.01. The summed E-state index contributed by atoms with van der Waals surface area (Å²) in [5, 5.41) is 3.68. The molecule has 0 aromatic heterocycles. The summed E-state index contributed by atoms with van der Waals surface area (Å²) in [6.07, 6.45) is 1.51. The maximum absolute atomic E-state index is 10.5. The van der Waals surface area contributed by atoms with Gasteiger partial charge >= 0.3 is 51.4 Å². The van der Waals surface area contributed by atoms with Crippen LogP contribution in [0.15, 0.2) is 0 Å². The number of carbonyl (C=O) groups is 1. The third-order valence-corrected chi connectivity index (χ3v) is 0.798. The van der Waals surface area contributed by atoms with Crippen LogP contribution in [-0.2, 0) is 4.79 Å². The van der Waals surface area contributed by atoms with Gasteiger partial charge in [0.15, 0.2) is 0 Å². The van der Waals surface area contributed by atoms with Crippen molar-refractivity contribution in [2.24, 2.45) is 0 Å². The molecule has 0 heterocycles. The predicted octanol–water partition coefficient (Wildman–Crippen LogP) is 0.289. The molecule has 49 valence electrons. The summed E-state index contributed by atoms with van der Waals surface area (Å²) in [5.41, 5.74) is 0. The van der Waals surface area contributed by atoms with Crippen LogP contribution in [0, 0.1) is 0 Å². The second-order valence-corrected chi connectivity index (χ2v) is 1.62. The van der Waals surface area contributed by atoms with Crippen LogP contribution in [0.1, 0.15) is 26.7 Å². The molecule has 0 bridgehead atoms. The zero-order valence-electron chi connectivity index (χ0n) is 5.48. The average Bonchev–Trinajstić information content (AvgIpc) is 1.68. The Bertz CT molecular complexity index is 67.5. The molecule has 1 radical (unpaired) electrons. The number of hydrogen-bond donors (Lipinski definition) is 0. The van der Waals surface area contributed by atoms with Gasteiger partial charge in [0, 0.05) is 13.0 Å². The minimum atomic E-state index is 0. The molecule has 0 N–H and O–H groups in total. The van der Waals surface area contributed by atoms with E-state index >= 15 is 0 Å². The number of nitrogens with zero attached hydrogens (tertiary/aromatic N) is 1.